The molecule has 2 aromatic rings. The number of likely N-dealkylation sites (tertiary alicyclic amines) is 1. The van der Waals surface area contributed by atoms with E-state index in [-0.39, 0.29) is 6.04 Å². The van der Waals surface area contributed by atoms with E-state index in [1.807, 2.05) is 30.3 Å². The maximum Gasteiger partial charge on any atom is 0.188 e. The number of nitrogens with one attached hydrogen (secondary N) is 1. The van der Waals surface area contributed by atoms with Gasteiger partial charge in [0.2, 0.25) is 0 Å². The molecule has 1 aliphatic heterocycles. The molecule has 1 heterocycles. The summed E-state index contributed by atoms with van der Waals surface area (Å²) in [6.07, 6.45) is 3.34. The van der Waals surface area contributed by atoms with Crippen LogP contribution in [0.2, 0.25) is 5.02 Å². The highest BCUT2D eigenvalue weighted by atomic mass is 35.5. The van der Waals surface area contributed by atoms with E-state index in [1.54, 1.807) is 7.11 Å². The summed E-state index contributed by atoms with van der Waals surface area (Å²) in [5.74, 6) is 1.35. The van der Waals surface area contributed by atoms with Crippen LogP contribution in [0.4, 0.5) is 0 Å². The Balaban J connectivity index is 1.55. The molecule has 0 aromatic heterocycles. The van der Waals surface area contributed by atoms with E-state index < -0.39 is 0 Å². The summed E-state index contributed by atoms with van der Waals surface area (Å²) in [7, 11) is 1.67. The molecular formula is C22H29ClN4O. The van der Waals surface area contributed by atoms with Gasteiger partial charge in [-0.2, -0.15) is 0 Å². The Bertz CT molecular complexity index is 772. The van der Waals surface area contributed by atoms with Crippen LogP contribution >= 0.6 is 11.6 Å². The smallest absolute Gasteiger partial charge is 0.188 e. The molecule has 150 valence electrons. The average molecular weight is 401 g/mol. The summed E-state index contributed by atoms with van der Waals surface area (Å²) in [5, 5.41) is 3.98. The molecule has 3 rings (SSSR count). The predicted octanol–water partition coefficient (Wildman–Crippen LogP) is 3.63. The molecule has 1 unspecified atom stereocenters. The van der Waals surface area contributed by atoms with Crippen molar-refractivity contribution in [2.75, 3.05) is 33.3 Å². The van der Waals surface area contributed by atoms with E-state index in [0.717, 1.165) is 36.8 Å². The van der Waals surface area contributed by atoms with Crippen molar-refractivity contribution in [2.45, 2.75) is 25.3 Å². The molecule has 6 heteroatoms. The summed E-state index contributed by atoms with van der Waals surface area (Å²) in [5.41, 5.74) is 8.54. The third-order valence-electron chi connectivity index (χ3n) is 5.13. The van der Waals surface area contributed by atoms with Crippen LogP contribution in [0.15, 0.2) is 53.5 Å². The molecule has 0 spiro atoms. The quantitative estimate of drug-likeness (QED) is 0.524. The van der Waals surface area contributed by atoms with Crippen molar-refractivity contribution >= 4 is 17.6 Å². The third-order valence-corrected chi connectivity index (χ3v) is 5.36. The SMILES string of the molecule is COc1ccc(CCNC(N)=NCC(c2cccc(Cl)c2)N2CCCC2)cc1. The average Bonchev–Trinajstić information content (AvgIpc) is 3.23. The molecular weight excluding hydrogens is 372 g/mol. The molecule has 0 aliphatic carbocycles. The van der Waals surface area contributed by atoms with Gasteiger partial charge in [0, 0.05) is 11.6 Å². The second-order valence-corrected chi connectivity index (χ2v) is 7.50. The van der Waals surface area contributed by atoms with Gasteiger partial charge in [-0.25, -0.2) is 0 Å². The molecule has 1 atom stereocenters. The number of ether oxygens (including phenoxy) is 1. The number of hydrogen-bond donors (Lipinski definition) is 2. The van der Waals surface area contributed by atoms with Crippen LogP contribution < -0.4 is 15.8 Å². The topological polar surface area (TPSA) is 62.9 Å². The second kappa shape index (κ2) is 10.3. The zero-order valence-electron chi connectivity index (χ0n) is 16.4. The van der Waals surface area contributed by atoms with E-state index in [2.05, 4.69) is 33.4 Å². The number of rotatable bonds is 8. The Morgan fingerprint density at radius 1 is 1.21 bits per heavy atom. The van der Waals surface area contributed by atoms with Crippen LogP contribution in [0.1, 0.15) is 30.0 Å². The van der Waals surface area contributed by atoms with Crippen molar-refractivity contribution in [3.8, 4) is 5.75 Å². The third kappa shape index (κ3) is 5.88. The number of benzene rings is 2. The van der Waals surface area contributed by atoms with Crippen LogP contribution in [0.5, 0.6) is 5.75 Å². The molecule has 28 heavy (non-hydrogen) atoms. The van der Waals surface area contributed by atoms with Gasteiger partial charge in [0.05, 0.1) is 19.7 Å². The van der Waals surface area contributed by atoms with Gasteiger partial charge in [-0.05, 0) is 67.7 Å². The van der Waals surface area contributed by atoms with Crippen molar-refractivity contribution < 1.29 is 4.74 Å². The number of guanidine groups is 1. The summed E-state index contributed by atoms with van der Waals surface area (Å²) < 4.78 is 5.19. The molecule has 1 saturated heterocycles. The molecule has 0 saturated carbocycles. The Kier molecular flexibility index (Phi) is 7.57. The predicted molar refractivity (Wildman–Crippen MR) is 116 cm³/mol. The summed E-state index contributed by atoms with van der Waals surface area (Å²) in [6, 6.07) is 16.4. The number of nitrogens with two attached hydrogens (primary N) is 1. The molecule has 1 aliphatic rings. The largest absolute Gasteiger partial charge is 0.497 e. The van der Waals surface area contributed by atoms with Gasteiger partial charge in [-0.1, -0.05) is 35.9 Å². The Morgan fingerprint density at radius 2 is 1.96 bits per heavy atom. The van der Waals surface area contributed by atoms with Gasteiger partial charge >= 0.3 is 0 Å². The lowest BCUT2D eigenvalue weighted by Crippen LogP contribution is -2.35. The minimum atomic E-state index is 0.211. The minimum Gasteiger partial charge on any atom is -0.497 e. The van der Waals surface area contributed by atoms with Crippen molar-refractivity contribution in [1.82, 2.24) is 10.2 Å². The van der Waals surface area contributed by atoms with Crippen molar-refractivity contribution in [3.63, 3.8) is 0 Å². The normalized spacial score (nSPS) is 16.1. The van der Waals surface area contributed by atoms with E-state index in [4.69, 9.17) is 22.1 Å². The van der Waals surface area contributed by atoms with Crippen LogP contribution in [-0.2, 0) is 6.42 Å². The van der Waals surface area contributed by atoms with Gasteiger partial charge in [0.15, 0.2) is 5.96 Å². The van der Waals surface area contributed by atoms with Crippen molar-refractivity contribution in [1.29, 1.82) is 0 Å². The first-order chi connectivity index (χ1) is 13.7. The summed E-state index contributed by atoms with van der Waals surface area (Å²) in [4.78, 5) is 7.08. The molecule has 3 N–H and O–H groups in total. The fourth-order valence-electron chi connectivity index (χ4n) is 3.57. The van der Waals surface area contributed by atoms with E-state index in [9.17, 15) is 0 Å². The van der Waals surface area contributed by atoms with Crippen molar-refractivity contribution in [2.24, 2.45) is 10.7 Å². The number of nitrogens with zero attached hydrogens (tertiary/aromatic N) is 2. The van der Waals surface area contributed by atoms with Crippen LogP contribution in [-0.4, -0.2) is 44.1 Å². The summed E-state index contributed by atoms with van der Waals surface area (Å²) in [6.45, 7) is 3.56. The van der Waals surface area contributed by atoms with Gasteiger partial charge in [0.25, 0.3) is 0 Å². The lowest BCUT2D eigenvalue weighted by Gasteiger charge is -2.27. The van der Waals surface area contributed by atoms with Gasteiger partial charge in [0.1, 0.15) is 5.75 Å². The first-order valence-electron chi connectivity index (χ1n) is 9.82. The van der Waals surface area contributed by atoms with Crippen LogP contribution in [0, 0.1) is 0 Å². The Morgan fingerprint density at radius 3 is 2.64 bits per heavy atom. The fraction of sp³-hybridized carbons (Fsp3) is 0.409. The lowest BCUT2D eigenvalue weighted by atomic mass is 10.1. The number of halogens is 1. The first-order valence-corrected chi connectivity index (χ1v) is 10.2. The second-order valence-electron chi connectivity index (χ2n) is 7.06. The molecule has 0 bridgehead atoms. The monoisotopic (exact) mass is 400 g/mol. The maximum atomic E-state index is 6.20. The highest BCUT2D eigenvalue weighted by molar-refractivity contribution is 6.30. The van der Waals surface area contributed by atoms with Gasteiger partial charge in [-0.15, -0.1) is 0 Å². The highest BCUT2D eigenvalue weighted by Gasteiger charge is 2.23. The van der Waals surface area contributed by atoms with Crippen LogP contribution in [0.25, 0.3) is 0 Å². The fourth-order valence-corrected chi connectivity index (χ4v) is 3.77. The number of methoxy groups -OCH3 is 1. The van der Waals surface area contributed by atoms with E-state index in [1.165, 1.54) is 24.0 Å². The Hall–Kier alpha value is -2.24. The maximum absolute atomic E-state index is 6.20. The summed E-state index contributed by atoms with van der Waals surface area (Å²) >= 11 is 6.20. The van der Waals surface area contributed by atoms with Crippen LogP contribution in [0.3, 0.4) is 0 Å². The number of hydrogen-bond acceptors (Lipinski definition) is 3. The molecule has 2 aromatic carbocycles. The molecule has 0 amide bonds. The highest BCUT2D eigenvalue weighted by Crippen LogP contribution is 2.27. The standard InChI is InChI=1S/C22H29ClN4O/c1-28-20-9-7-17(8-10-20)11-12-25-22(24)26-16-21(27-13-2-3-14-27)18-5-4-6-19(23)15-18/h4-10,15,21H,2-3,11-14,16H2,1H3,(H3,24,25,26). The molecule has 1 fully saturated rings. The number of aliphatic imine (C=N–C) groups is 1. The van der Waals surface area contributed by atoms with Gasteiger partial charge < -0.3 is 15.8 Å². The van der Waals surface area contributed by atoms with E-state index in [0.29, 0.717) is 12.5 Å². The van der Waals surface area contributed by atoms with Crippen molar-refractivity contribution in [3.05, 3.63) is 64.7 Å². The Labute approximate surface area is 172 Å². The first kappa shape index (κ1) is 20.5. The lowest BCUT2D eigenvalue weighted by molar-refractivity contribution is 0.252. The zero-order chi connectivity index (χ0) is 19.8. The minimum absolute atomic E-state index is 0.211. The molecule has 5 nitrogen and oxygen atoms in total. The van der Waals surface area contributed by atoms with Gasteiger partial charge in [-0.3, -0.25) is 9.89 Å². The molecule has 0 radical (unpaired) electrons. The zero-order valence-corrected chi connectivity index (χ0v) is 17.2. The van der Waals surface area contributed by atoms with E-state index >= 15 is 0 Å².